The number of hydrogen-bond acceptors (Lipinski definition) is 3. The van der Waals surface area contributed by atoms with Gasteiger partial charge >= 0.3 is 0 Å². The molecule has 2 aromatic heterocycles. The highest BCUT2D eigenvalue weighted by molar-refractivity contribution is 5.99. The van der Waals surface area contributed by atoms with E-state index in [0.717, 1.165) is 101 Å². The molecule has 11 aromatic rings. The summed E-state index contributed by atoms with van der Waals surface area (Å²) in [4.78, 5) is 10.8. The van der Waals surface area contributed by atoms with Crippen LogP contribution in [0.2, 0.25) is 0 Å². The van der Waals surface area contributed by atoms with Crippen molar-refractivity contribution in [2.75, 3.05) is 0 Å². The molecule has 80 heavy (non-hydrogen) atoms. The van der Waals surface area contributed by atoms with E-state index in [9.17, 15) is 7.85 Å². The van der Waals surface area contributed by atoms with E-state index in [1.807, 2.05) is 54.7 Å². The molecule has 0 aliphatic heterocycles. The van der Waals surface area contributed by atoms with Gasteiger partial charge in [0.15, 0.2) is 0 Å². The molecule has 394 valence electrons. The number of benzene rings is 9. The number of aromatic hydroxyl groups is 1. The molecule has 0 saturated heterocycles. The van der Waals surface area contributed by atoms with Crippen LogP contribution in [0.25, 0.3) is 95.0 Å². The average Bonchev–Trinajstić information content (AvgIpc) is 4.30. The van der Waals surface area contributed by atoms with E-state index in [2.05, 4.69) is 201 Å². The van der Waals surface area contributed by atoms with Crippen LogP contribution < -0.4 is 0 Å². The zero-order valence-corrected chi connectivity index (χ0v) is 46.2. The van der Waals surface area contributed by atoms with Crippen molar-refractivity contribution in [1.82, 2.24) is 14.5 Å². The number of phenolic OH excluding ortho intramolecular Hbond substituents is 1. The lowest BCUT2D eigenvalue weighted by atomic mass is 9.76. The van der Waals surface area contributed by atoms with Crippen molar-refractivity contribution in [3.05, 3.63) is 253 Å². The Morgan fingerprint density at radius 2 is 1.06 bits per heavy atom. The Morgan fingerprint density at radius 3 is 1.76 bits per heavy atom. The second-order valence-corrected chi connectivity index (χ2v) is 23.3. The van der Waals surface area contributed by atoms with Gasteiger partial charge in [-0.15, -0.1) is 0 Å². The summed E-state index contributed by atoms with van der Waals surface area (Å²) in [6.07, 6.45) is 10.7. The average molecular weight is 1040 g/mol. The molecule has 0 atom stereocenters. The molecule has 13 rings (SSSR count). The van der Waals surface area contributed by atoms with Gasteiger partial charge < -0.3 is 5.11 Å². The summed E-state index contributed by atoms with van der Waals surface area (Å²) >= 11 is 0. The first-order valence-corrected chi connectivity index (χ1v) is 28.9. The molecule has 0 unspecified atom stereocenters. The lowest BCUT2D eigenvalue weighted by molar-refractivity contribution is 0.396. The fourth-order valence-corrected chi connectivity index (χ4v) is 12.7. The molecule has 2 saturated carbocycles. The lowest BCUT2D eigenvalue weighted by Crippen LogP contribution is -2.12. The van der Waals surface area contributed by atoms with Crippen LogP contribution in [0.15, 0.2) is 231 Å². The number of nitrogens with zero attached hydrogens (tertiary/aromatic N) is 3. The minimum Gasteiger partial charge on any atom is -0.507 e. The molecule has 0 bridgehead atoms. The van der Waals surface area contributed by atoms with Gasteiger partial charge in [-0.25, -0.2) is 4.98 Å². The highest BCUT2D eigenvalue weighted by atomic mass is 16.3. The second kappa shape index (κ2) is 21.9. The predicted octanol–water partition coefficient (Wildman–Crippen LogP) is 20.3. The Morgan fingerprint density at radius 1 is 0.475 bits per heavy atom. The number of fused-ring (bicyclic) bond motifs is 1. The van der Waals surface area contributed by atoms with E-state index >= 15 is 0 Å². The van der Waals surface area contributed by atoms with Gasteiger partial charge in [-0.1, -0.05) is 222 Å². The van der Waals surface area contributed by atoms with Gasteiger partial charge in [0.05, 0.1) is 28.0 Å². The maximum atomic E-state index is 12.9. The zero-order valence-electron chi connectivity index (χ0n) is 48.2. The van der Waals surface area contributed by atoms with E-state index in [-0.39, 0.29) is 11.2 Å². The van der Waals surface area contributed by atoms with Gasteiger partial charge in [-0.2, -0.15) is 0 Å². The third-order valence-corrected chi connectivity index (χ3v) is 17.1. The van der Waals surface area contributed by atoms with Crippen molar-refractivity contribution in [3.8, 4) is 89.7 Å². The number of aromatic nitrogens is 3. The molecule has 2 aliphatic carbocycles. The fourth-order valence-electron chi connectivity index (χ4n) is 12.7. The summed E-state index contributed by atoms with van der Waals surface area (Å²) in [6.45, 7) is 6.79. The molecule has 2 aliphatic rings. The van der Waals surface area contributed by atoms with Crippen LogP contribution in [-0.4, -0.2) is 19.6 Å². The quantitative estimate of drug-likeness (QED) is 0.133. The Labute approximate surface area is 475 Å². The molecule has 0 amide bonds. The van der Waals surface area contributed by atoms with Crippen LogP contribution in [0.1, 0.15) is 109 Å². The topological polar surface area (TPSA) is 50.9 Å². The number of para-hydroxylation sites is 2. The molecule has 0 spiro atoms. The van der Waals surface area contributed by atoms with Gasteiger partial charge in [-0.05, 0) is 165 Å². The standard InChI is InChI=1S/C76H69N3O/c1-76(2,3)63-48-61(47-62(49-63)70-50-60(43-44-77-70)57-40-38-56(39-41-57)55-36-34-54(35-37-55)53-21-7-4-8-22-53)65-29-18-32-72-73(65)78-75(68-31-17-30-67(74(68)80)66-28-16-15-27-64(66)58-23-9-5-10-24-58)79(72)71-42-33-52(45-51-19-13-14-20-51)46-69(71)59-25-11-6-12-26-59/h4-12,15-18,21-33,38-44,46-51,54-55,80H,13-14,19-20,34-37,45H2,1-3H3/i54D,55D. The van der Waals surface area contributed by atoms with Gasteiger partial charge in [0.2, 0.25) is 0 Å². The van der Waals surface area contributed by atoms with Gasteiger partial charge in [-0.3, -0.25) is 9.55 Å². The van der Waals surface area contributed by atoms with Crippen molar-refractivity contribution in [3.63, 3.8) is 0 Å². The van der Waals surface area contributed by atoms with Crippen molar-refractivity contribution in [2.45, 2.75) is 95.8 Å². The van der Waals surface area contributed by atoms with Crippen LogP contribution >= 0.6 is 0 Å². The van der Waals surface area contributed by atoms with Gasteiger partial charge in [0.25, 0.3) is 0 Å². The second-order valence-electron chi connectivity index (χ2n) is 23.3. The van der Waals surface area contributed by atoms with Crippen molar-refractivity contribution in [1.29, 1.82) is 0 Å². The molecule has 9 aromatic carbocycles. The van der Waals surface area contributed by atoms with Gasteiger partial charge in [0.1, 0.15) is 11.6 Å². The highest BCUT2D eigenvalue weighted by Crippen LogP contribution is 2.47. The first-order valence-electron chi connectivity index (χ1n) is 29.9. The number of pyridine rings is 1. The molecule has 4 nitrogen and oxygen atoms in total. The fraction of sp³-hybridized carbons (Fsp3) is 0.211. The van der Waals surface area contributed by atoms with Crippen molar-refractivity contribution >= 4 is 11.0 Å². The number of phenols is 1. The molecule has 2 heterocycles. The molecular formula is C76H69N3O. The Balaban J connectivity index is 0.932. The Bertz CT molecular complexity index is 4090. The first kappa shape index (κ1) is 48.5. The zero-order chi connectivity index (χ0) is 56.0. The third kappa shape index (κ3) is 10.2. The maximum Gasteiger partial charge on any atom is 0.149 e. The van der Waals surface area contributed by atoms with E-state index in [4.69, 9.17) is 9.97 Å². The van der Waals surface area contributed by atoms with Crippen molar-refractivity contribution in [2.24, 2.45) is 5.92 Å². The molecular weight excluding hydrogens is 971 g/mol. The van der Waals surface area contributed by atoms with E-state index in [1.54, 1.807) is 0 Å². The highest BCUT2D eigenvalue weighted by Gasteiger charge is 2.27. The Kier molecular flexibility index (Phi) is 13.3. The Hall–Kier alpha value is -8.60. The number of rotatable bonds is 12. The number of hydrogen-bond donors (Lipinski definition) is 1. The summed E-state index contributed by atoms with van der Waals surface area (Å²) < 4.78 is 21.2. The van der Waals surface area contributed by atoms with E-state index in [1.165, 1.54) is 36.8 Å². The maximum absolute atomic E-state index is 12.9. The van der Waals surface area contributed by atoms with Gasteiger partial charge in [0, 0.05) is 31.2 Å². The van der Waals surface area contributed by atoms with Crippen LogP contribution in [-0.2, 0) is 11.8 Å². The molecule has 1 N–H and O–H groups in total. The van der Waals surface area contributed by atoms with E-state index in [0.29, 0.717) is 43.0 Å². The smallest absolute Gasteiger partial charge is 0.149 e. The van der Waals surface area contributed by atoms with Crippen molar-refractivity contribution < 1.29 is 7.85 Å². The lowest BCUT2D eigenvalue weighted by Gasteiger charge is -2.29. The molecule has 4 heteroatoms. The van der Waals surface area contributed by atoms with Crippen LogP contribution in [0.5, 0.6) is 5.75 Å². The molecule has 0 radical (unpaired) electrons. The summed E-state index contributed by atoms with van der Waals surface area (Å²) in [7, 11) is 0. The monoisotopic (exact) mass is 1040 g/mol. The minimum absolute atomic E-state index is 0.174. The molecule has 2 fully saturated rings. The summed E-state index contributed by atoms with van der Waals surface area (Å²) in [6, 6.07) is 78.9. The normalized spacial score (nSPS) is 18.0. The van der Waals surface area contributed by atoms with Crippen LogP contribution in [0.3, 0.4) is 0 Å². The summed E-state index contributed by atoms with van der Waals surface area (Å²) in [5, 5.41) is 12.9. The predicted molar refractivity (Wildman–Crippen MR) is 333 cm³/mol. The minimum atomic E-state index is -0.729. The summed E-state index contributed by atoms with van der Waals surface area (Å²) in [5.41, 5.74) is 19.9. The third-order valence-electron chi connectivity index (χ3n) is 17.1. The van der Waals surface area contributed by atoms with Crippen LogP contribution in [0.4, 0.5) is 0 Å². The van der Waals surface area contributed by atoms with Crippen LogP contribution in [0, 0.1) is 5.92 Å². The van der Waals surface area contributed by atoms with E-state index < -0.39 is 11.8 Å². The largest absolute Gasteiger partial charge is 0.507 e. The summed E-state index contributed by atoms with van der Waals surface area (Å²) in [5.74, 6) is 0.139. The first-order chi connectivity index (χ1) is 39.9. The SMILES string of the molecule is [2H]C1(c2ccccc2)CCC([2H])(c2ccc(-c3ccnc(-c4cc(-c5cccc6c5nc(-c5cccc(-c7ccccc7-c7ccccc7)c5O)n6-c5ccc(CC6CCCC6)cc5-c5ccccc5)cc(C(C)(C)C)c4)c3)cc2)CC1. The number of imidazole rings is 1.